The third-order valence-electron chi connectivity index (χ3n) is 7.41. The van der Waals surface area contributed by atoms with E-state index >= 15 is 0 Å². The van der Waals surface area contributed by atoms with Crippen molar-refractivity contribution in [1.29, 1.82) is 0 Å². The summed E-state index contributed by atoms with van der Waals surface area (Å²) in [6.07, 6.45) is 6.48. The summed E-state index contributed by atoms with van der Waals surface area (Å²) in [5.41, 5.74) is 12.3. The molecule has 1 aliphatic rings. The second kappa shape index (κ2) is 12.4. The average molecular weight is 530 g/mol. The zero-order chi connectivity index (χ0) is 20.6. The Morgan fingerprint density at radius 2 is 1.29 bits per heavy atom. The first-order valence-electron chi connectivity index (χ1n) is 10.8. The fourth-order valence-corrected chi connectivity index (χ4v) is 11.7. The van der Waals surface area contributed by atoms with Gasteiger partial charge in [-0.2, -0.15) is 0 Å². The molecule has 0 N–H and O–H groups in total. The SMILES string of the molecule is CCCCC[SiH](c1c(C)c(C)c(C)c(C)c1C)[C]1([Ti+3])C(C)=Cc2ccccc21.[Cl-].[Cl-].[Cl-]. The van der Waals surface area contributed by atoms with Crippen LogP contribution >= 0.6 is 0 Å². The Bertz CT molecular complexity index is 909. The largest absolute Gasteiger partial charge is 1.00 e. The molecule has 0 bridgehead atoms. The summed E-state index contributed by atoms with van der Waals surface area (Å²) < 4.78 is 0.216. The molecule has 2 atom stereocenters. The van der Waals surface area contributed by atoms with Crippen molar-refractivity contribution in [3.8, 4) is 0 Å². The number of hydrogen-bond acceptors (Lipinski definition) is 0. The van der Waals surface area contributed by atoms with Crippen molar-refractivity contribution in [2.75, 3.05) is 0 Å². The average Bonchev–Trinajstić information content (AvgIpc) is 2.95. The Balaban J connectivity index is 0.00000300. The minimum absolute atomic E-state index is 0. The quantitative estimate of drug-likeness (QED) is 0.282. The molecule has 0 saturated carbocycles. The minimum atomic E-state index is -1.31. The Morgan fingerprint density at radius 1 is 0.774 bits per heavy atom. The van der Waals surface area contributed by atoms with Gasteiger partial charge in [0.2, 0.25) is 0 Å². The molecule has 5 heteroatoms. The van der Waals surface area contributed by atoms with Crippen LogP contribution in [0.3, 0.4) is 0 Å². The van der Waals surface area contributed by atoms with Crippen LogP contribution < -0.4 is 42.4 Å². The van der Waals surface area contributed by atoms with Crippen molar-refractivity contribution in [2.24, 2.45) is 0 Å². The second-order valence-electron chi connectivity index (χ2n) is 8.81. The van der Waals surface area contributed by atoms with Gasteiger partial charge in [-0.05, 0) is 0 Å². The third kappa shape index (κ3) is 5.39. The number of rotatable bonds is 6. The number of fused-ring (bicyclic) bond motifs is 1. The van der Waals surface area contributed by atoms with E-state index in [4.69, 9.17) is 0 Å². The molecule has 0 radical (unpaired) electrons. The topological polar surface area (TPSA) is 0 Å². The number of halogens is 3. The van der Waals surface area contributed by atoms with Gasteiger partial charge in [0.05, 0.1) is 0 Å². The van der Waals surface area contributed by atoms with Gasteiger partial charge in [0.25, 0.3) is 0 Å². The standard InChI is InChI=1S/C26H35Si.3ClH.Ti/c1-8-9-12-15-27(25-17(2)16-23-13-10-11-14-24(23)25)26-21(6)19(4)18(3)20(5)22(26)7;;;;/h10-11,13-14,16,27H,8-9,12,15H2,1-7H3;3*1H;/q;;;;+3/p-3. The molecular formula is C26H35Cl3SiTi. The smallest absolute Gasteiger partial charge is 1.00 e. The van der Waals surface area contributed by atoms with Gasteiger partial charge in [-0.3, -0.25) is 0 Å². The zero-order valence-electron chi connectivity index (χ0n) is 19.9. The molecule has 0 saturated heterocycles. The molecule has 0 heterocycles. The molecular weight excluding hydrogens is 495 g/mol. The van der Waals surface area contributed by atoms with Crippen molar-refractivity contribution in [1.82, 2.24) is 0 Å². The maximum absolute atomic E-state index is 2.57. The fraction of sp³-hybridized carbons (Fsp3) is 0.462. The second-order valence-corrected chi connectivity index (χ2v) is 14.1. The Morgan fingerprint density at radius 3 is 1.84 bits per heavy atom. The summed E-state index contributed by atoms with van der Waals surface area (Å²) in [4.78, 5) is 0. The van der Waals surface area contributed by atoms with Crippen molar-refractivity contribution >= 4 is 20.1 Å². The maximum atomic E-state index is 2.57. The zero-order valence-corrected chi connectivity index (χ0v) is 24.9. The van der Waals surface area contributed by atoms with E-state index in [0.29, 0.717) is 0 Å². The van der Waals surface area contributed by atoms with Gasteiger partial charge in [-0.15, -0.1) is 0 Å². The Labute approximate surface area is 222 Å². The van der Waals surface area contributed by atoms with Crippen LogP contribution in [0.4, 0.5) is 0 Å². The van der Waals surface area contributed by atoms with Crippen LogP contribution in [0, 0.1) is 34.6 Å². The molecule has 0 spiro atoms. The molecule has 168 valence electrons. The summed E-state index contributed by atoms with van der Waals surface area (Å²) in [6, 6.07) is 10.5. The third-order valence-corrected chi connectivity index (χ3v) is 14.4. The first kappa shape index (κ1) is 31.0. The number of allylic oxidation sites excluding steroid dienone is 1. The number of unbranched alkanes of at least 4 members (excludes halogenated alkanes) is 2. The van der Waals surface area contributed by atoms with E-state index in [-0.39, 0.29) is 40.6 Å². The van der Waals surface area contributed by atoms with Crippen LogP contribution in [0.2, 0.25) is 6.04 Å². The van der Waals surface area contributed by atoms with E-state index in [2.05, 4.69) is 99.2 Å². The van der Waals surface area contributed by atoms with E-state index in [0.717, 1.165) is 0 Å². The summed E-state index contributed by atoms with van der Waals surface area (Å²) in [5.74, 6) is 0. The van der Waals surface area contributed by atoms with Crippen LogP contribution in [0.15, 0.2) is 29.8 Å². The van der Waals surface area contributed by atoms with Gasteiger partial charge < -0.3 is 37.2 Å². The summed E-state index contributed by atoms with van der Waals surface area (Å²) >= 11 is 2.57. The molecule has 0 fully saturated rings. The molecule has 2 unspecified atom stereocenters. The summed E-state index contributed by atoms with van der Waals surface area (Å²) in [7, 11) is -1.31. The van der Waals surface area contributed by atoms with Gasteiger partial charge in [-0.1, -0.05) is 0 Å². The van der Waals surface area contributed by atoms with Crippen LogP contribution in [-0.4, -0.2) is 8.80 Å². The van der Waals surface area contributed by atoms with Gasteiger partial charge in [0, 0.05) is 0 Å². The molecule has 2 aromatic carbocycles. The fourth-order valence-electron chi connectivity index (χ4n) is 5.23. The summed E-state index contributed by atoms with van der Waals surface area (Å²) in [5, 5.41) is 1.75. The van der Waals surface area contributed by atoms with E-state index in [1.165, 1.54) is 47.6 Å². The maximum Gasteiger partial charge on any atom is -1.00 e. The molecule has 2 aromatic rings. The van der Waals surface area contributed by atoms with Gasteiger partial charge in [0.1, 0.15) is 0 Å². The van der Waals surface area contributed by atoms with Crippen molar-refractivity contribution in [3.63, 3.8) is 0 Å². The molecule has 0 aliphatic heterocycles. The Kier molecular flexibility index (Phi) is 12.4. The monoisotopic (exact) mass is 528 g/mol. The van der Waals surface area contributed by atoms with Crippen LogP contribution in [0.5, 0.6) is 0 Å². The minimum Gasteiger partial charge on any atom is -1.00 e. The Hall–Kier alpha value is -0.0188. The summed E-state index contributed by atoms with van der Waals surface area (Å²) in [6.45, 7) is 16.5. The van der Waals surface area contributed by atoms with E-state index in [1.807, 2.05) is 0 Å². The van der Waals surface area contributed by atoms with Crippen molar-refractivity contribution < 1.29 is 57.7 Å². The number of hydrogen-bond donors (Lipinski definition) is 0. The van der Waals surface area contributed by atoms with Crippen molar-refractivity contribution in [2.45, 2.75) is 77.1 Å². The van der Waals surface area contributed by atoms with Crippen molar-refractivity contribution in [3.05, 3.63) is 68.8 Å². The van der Waals surface area contributed by atoms with Gasteiger partial charge in [-0.25, -0.2) is 0 Å². The molecule has 31 heavy (non-hydrogen) atoms. The predicted octanol–water partition coefficient (Wildman–Crippen LogP) is -2.74. The van der Waals surface area contributed by atoms with Gasteiger partial charge in [0.15, 0.2) is 0 Å². The van der Waals surface area contributed by atoms with E-state index < -0.39 is 8.80 Å². The molecule has 0 nitrogen and oxygen atoms in total. The molecule has 1 aliphatic carbocycles. The molecule has 0 amide bonds. The predicted molar refractivity (Wildman–Crippen MR) is 123 cm³/mol. The van der Waals surface area contributed by atoms with Crippen LogP contribution in [0.1, 0.15) is 72.1 Å². The normalized spacial score (nSPS) is 17.6. The first-order valence-corrected chi connectivity index (χ1v) is 13.6. The van der Waals surface area contributed by atoms with Crippen LogP contribution in [0.25, 0.3) is 6.08 Å². The van der Waals surface area contributed by atoms with E-state index in [9.17, 15) is 0 Å². The van der Waals surface area contributed by atoms with E-state index in [1.54, 1.807) is 27.5 Å². The van der Waals surface area contributed by atoms with Gasteiger partial charge >= 0.3 is 186 Å². The molecule has 3 rings (SSSR count). The van der Waals surface area contributed by atoms with Crippen LogP contribution in [-0.2, 0) is 23.8 Å². The number of benzene rings is 2. The molecule has 0 aromatic heterocycles. The first-order chi connectivity index (χ1) is 13.2.